The molecule has 0 N–H and O–H groups in total. The number of hydrogen-bond donors (Lipinski definition) is 0. The van der Waals surface area contributed by atoms with Crippen LogP contribution in [0.25, 0.3) is 61.2 Å². The minimum atomic E-state index is -2.72. The summed E-state index contributed by atoms with van der Waals surface area (Å²) in [6, 6.07) is 48.5. The van der Waals surface area contributed by atoms with Crippen LogP contribution >= 0.6 is 0 Å². The van der Waals surface area contributed by atoms with Crippen LogP contribution in [0.4, 0.5) is 0 Å². The molecule has 8 rings (SSSR count). The predicted molar refractivity (Wildman–Crippen MR) is 211 cm³/mol. The van der Waals surface area contributed by atoms with E-state index in [0.717, 1.165) is 44.4 Å². The van der Waals surface area contributed by atoms with Crippen molar-refractivity contribution in [3.8, 4) is 28.2 Å². The molecule has 0 saturated carbocycles. The van der Waals surface area contributed by atoms with E-state index in [9.17, 15) is 0 Å². The van der Waals surface area contributed by atoms with Gasteiger partial charge in [0.15, 0.2) is 0 Å². The second-order valence-electron chi connectivity index (χ2n) is 14.4. The Balaban J connectivity index is 1.35. The van der Waals surface area contributed by atoms with E-state index in [1.165, 1.54) is 36.7 Å². The second-order valence-corrected chi connectivity index (χ2v) is 23.7. The third-order valence-corrected chi connectivity index (χ3v) is 17.6. The van der Waals surface area contributed by atoms with Gasteiger partial charge in [0.25, 0.3) is 0 Å². The van der Waals surface area contributed by atoms with Gasteiger partial charge in [-0.05, 0) is 0 Å². The predicted octanol–water partition coefficient (Wildman–Crippen LogP) is 11.3. The van der Waals surface area contributed by atoms with E-state index in [4.69, 9.17) is 9.40 Å². The fourth-order valence-electron chi connectivity index (χ4n) is 7.41. The molecule has 0 saturated heterocycles. The molecule has 49 heavy (non-hydrogen) atoms. The molecule has 0 aliphatic carbocycles. The number of furan rings is 1. The third kappa shape index (κ3) is 5.32. The molecule has 2 heterocycles. The van der Waals surface area contributed by atoms with Crippen LogP contribution in [-0.4, -0.2) is 22.8 Å². The Bertz CT molecular complexity index is 2440. The minimum absolute atomic E-state index is 0.308. The van der Waals surface area contributed by atoms with Crippen molar-refractivity contribution in [1.29, 1.82) is 0 Å². The Labute approximate surface area is 291 Å². The molecule has 0 fully saturated rings. The molecular weight excluding hydrogens is 657 g/mol. The maximum absolute atomic E-state index is 6.58. The first-order chi connectivity index (χ1) is 23.7. The van der Waals surface area contributed by atoms with Gasteiger partial charge in [0.1, 0.15) is 0 Å². The molecular formula is C45H42GeN2O. The number of rotatable bonds is 7. The monoisotopic (exact) mass is 700 g/mol. The van der Waals surface area contributed by atoms with Crippen LogP contribution in [-0.2, 0) is 0 Å². The Morgan fingerprint density at radius 3 is 1.92 bits per heavy atom. The van der Waals surface area contributed by atoms with Crippen LogP contribution in [0, 0.1) is 0 Å². The fourth-order valence-corrected chi connectivity index (χ4v) is 12.4. The van der Waals surface area contributed by atoms with Crippen molar-refractivity contribution >= 4 is 55.0 Å². The summed E-state index contributed by atoms with van der Waals surface area (Å²) in [6.07, 6.45) is 0. The molecule has 0 radical (unpaired) electrons. The van der Waals surface area contributed by atoms with Gasteiger partial charge in [-0.3, -0.25) is 0 Å². The number of para-hydroxylation sites is 4. The van der Waals surface area contributed by atoms with Gasteiger partial charge in [0.2, 0.25) is 0 Å². The summed E-state index contributed by atoms with van der Waals surface area (Å²) in [4.78, 5) is 5.35. The molecule has 2 aromatic heterocycles. The average Bonchev–Trinajstić information content (AvgIpc) is 3.70. The summed E-state index contributed by atoms with van der Waals surface area (Å²) in [5.41, 5.74) is 11.4. The number of nitrogens with zero attached hydrogens (tertiary/aromatic N) is 2. The Kier molecular flexibility index (Phi) is 7.84. The summed E-state index contributed by atoms with van der Waals surface area (Å²) >= 11 is -2.72. The summed E-state index contributed by atoms with van der Waals surface area (Å²) in [5.74, 6) is 6.62. The Hall–Kier alpha value is -4.87. The maximum atomic E-state index is 6.58. The first-order valence-electron chi connectivity index (χ1n) is 17.4. The van der Waals surface area contributed by atoms with E-state index in [2.05, 4.69) is 171 Å². The Morgan fingerprint density at radius 1 is 0.592 bits per heavy atom. The van der Waals surface area contributed by atoms with Crippen molar-refractivity contribution in [1.82, 2.24) is 9.55 Å². The fraction of sp³-hybridized carbons (Fsp3) is 0.178. The molecule has 4 heteroatoms. The van der Waals surface area contributed by atoms with Crippen molar-refractivity contribution in [2.75, 3.05) is 0 Å². The summed E-state index contributed by atoms with van der Waals surface area (Å²) < 4.78 is 12.0. The van der Waals surface area contributed by atoms with Crippen LogP contribution < -0.4 is 8.79 Å². The summed E-state index contributed by atoms with van der Waals surface area (Å²) in [5, 5.41) is 2.24. The van der Waals surface area contributed by atoms with Crippen LogP contribution in [0.5, 0.6) is 0 Å². The van der Waals surface area contributed by atoms with Gasteiger partial charge in [-0.2, -0.15) is 0 Å². The van der Waals surface area contributed by atoms with Gasteiger partial charge >= 0.3 is 293 Å². The van der Waals surface area contributed by atoms with Gasteiger partial charge in [0.05, 0.1) is 0 Å². The quantitative estimate of drug-likeness (QED) is 0.155. The van der Waals surface area contributed by atoms with Gasteiger partial charge in [0, 0.05) is 0 Å². The van der Waals surface area contributed by atoms with E-state index in [0.29, 0.717) is 11.8 Å². The number of imidazole rings is 1. The van der Waals surface area contributed by atoms with Crippen LogP contribution in [0.3, 0.4) is 0 Å². The number of fused-ring (bicyclic) bond motifs is 4. The van der Waals surface area contributed by atoms with Crippen molar-refractivity contribution < 1.29 is 4.42 Å². The van der Waals surface area contributed by atoms with Gasteiger partial charge in [-0.1, -0.05) is 0 Å². The molecule has 0 bridgehead atoms. The average molecular weight is 699 g/mol. The summed E-state index contributed by atoms with van der Waals surface area (Å²) in [7, 11) is 0. The molecule has 0 unspecified atom stereocenters. The molecule has 242 valence electrons. The SMILES string of the molecule is CC(C)c1c[c]([Ge]([CH3])([CH3])[c]2ccc(-c3ccccc3)cc2)cc(C(C)C)c1-n1c(-c2cccc3c2oc2ccccc23)nc2ccccc21. The van der Waals surface area contributed by atoms with E-state index in [-0.39, 0.29) is 0 Å². The molecule has 8 aromatic rings. The molecule has 6 aromatic carbocycles. The second kappa shape index (κ2) is 12.2. The first kappa shape index (κ1) is 31.4. The van der Waals surface area contributed by atoms with E-state index in [1.54, 1.807) is 0 Å². The zero-order valence-corrected chi connectivity index (χ0v) is 31.3. The van der Waals surface area contributed by atoms with E-state index in [1.807, 2.05) is 6.07 Å². The number of benzene rings is 6. The third-order valence-electron chi connectivity index (χ3n) is 10.3. The molecule has 3 nitrogen and oxygen atoms in total. The number of hydrogen-bond acceptors (Lipinski definition) is 2. The van der Waals surface area contributed by atoms with Gasteiger partial charge < -0.3 is 0 Å². The van der Waals surface area contributed by atoms with Crippen molar-refractivity contribution in [3.63, 3.8) is 0 Å². The standard InChI is InChI=1S/C45H42GeN2O/c1-29(2)38-27-34(46(5,6)33-25-23-32(24-26-33)31-15-8-7-9-16-31)28-39(30(3)4)43(38)48-41-21-12-11-20-40(41)47-45(48)37-19-14-18-36-35-17-10-13-22-42(35)49-44(36)37/h7-30H,1-6H3. The normalized spacial score (nSPS) is 12.2. The zero-order chi connectivity index (χ0) is 33.9. The molecule has 0 aliphatic rings. The number of aromatic nitrogens is 2. The van der Waals surface area contributed by atoms with Crippen LogP contribution in [0.15, 0.2) is 138 Å². The molecule has 0 spiro atoms. The Morgan fingerprint density at radius 2 is 1.20 bits per heavy atom. The molecule has 0 amide bonds. The molecule has 0 aliphatic heterocycles. The topological polar surface area (TPSA) is 31.0 Å². The van der Waals surface area contributed by atoms with E-state index >= 15 is 0 Å². The summed E-state index contributed by atoms with van der Waals surface area (Å²) in [6.45, 7) is 9.33. The first-order valence-corrected chi connectivity index (χ1v) is 23.7. The van der Waals surface area contributed by atoms with Crippen LogP contribution in [0.1, 0.15) is 50.7 Å². The van der Waals surface area contributed by atoms with Crippen molar-refractivity contribution in [2.24, 2.45) is 0 Å². The van der Waals surface area contributed by atoms with E-state index < -0.39 is 13.3 Å². The zero-order valence-electron chi connectivity index (χ0n) is 29.2. The van der Waals surface area contributed by atoms with Crippen molar-refractivity contribution in [2.45, 2.75) is 51.0 Å². The van der Waals surface area contributed by atoms with Crippen LogP contribution in [0.2, 0.25) is 11.5 Å². The van der Waals surface area contributed by atoms with Gasteiger partial charge in [-0.25, -0.2) is 0 Å². The molecule has 0 atom stereocenters. The van der Waals surface area contributed by atoms with Gasteiger partial charge in [-0.15, -0.1) is 0 Å². The van der Waals surface area contributed by atoms with Crippen molar-refractivity contribution in [3.05, 3.63) is 145 Å².